The predicted octanol–water partition coefficient (Wildman–Crippen LogP) is 2.88. The van der Waals surface area contributed by atoms with Crippen molar-refractivity contribution < 1.29 is 9.53 Å². The van der Waals surface area contributed by atoms with E-state index in [2.05, 4.69) is 20.4 Å². The van der Waals surface area contributed by atoms with Crippen LogP contribution in [-0.2, 0) is 18.4 Å². The van der Waals surface area contributed by atoms with Gasteiger partial charge in [-0.15, -0.1) is 0 Å². The fourth-order valence-electron chi connectivity index (χ4n) is 2.20. The van der Waals surface area contributed by atoms with Gasteiger partial charge in [0, 0.05) is 24.5 Å². The Kier molecular flexibility index (Phi) is 5.70. The largest absolute Gasteiger partial charge is 0.482 e. The highest BCUT2D eigenvalue weighted by Gasteiger charge is 2.11. The number of hydrogen-bond donors (Lipinski definition) is 1. The Morgan fingerprint density at radius 3 is 2.81 bits per heavy atom. The summed E-state index contributed by atoms with van der Waals surface area (Å²) in [6.45, 7) is 0.149. The molecule has 3 aromatic rings. The van der Waals surface area contributed by atoms with Crippen LogP contribution in [0.1, 0.15) is 5.69 Å². The molecule has 3 rings (SSSR count). The van der Waals surface area contributed by atoms with Crippen molar-refractivity contribution >= 4 is 29.1 Å². The van der Waals surface area contributed by atoms with Gasteiger partial charge in [0.15, 0.2) is 6.61 Å². The van der Waals surface area contributed by atoms with E-state index in [4.69, 9.17) is 27.9 Å². The number of benzene rings is 1. The monoisotopic (exact) mass is 391 g/mol. The van der Waals surface area contributed by atoms with Crippen LogP contribution in [0.15, 0.2) is 42.9 Å². The Balaban J connectivity index is 1.55. The van der Waals surface area contributed by atoms with Crippen LogP contribution in [0.3, 0.4) is 0 Å². The summed E-state index contributed by atoms with van der Waals surface area (Å²) in [7, 11) is 1.80. The minimum absolute atomic E-state index is 0.157. The molecular formula is C17H15Cl2N5O2. The van der Waals surface area contributed by atoms with Crippen molar-refractivity contribution in [1.82, 2.24) is 25.1 Å². The van der Waals surface area contributed by atoms with Gasteiger partial charge in [0.2, 0.25) is 0 Å². The Hall–Kier alpha value is -2.64. The summed E-state index contributed by atoms with van der Waals surface area (Å²) in [5, 5.41) is 8.00. The quantitative estimate of drug-likeness (QED) is 0.698. The van der Waals surface area contributed by atoms with Crippen LogP contribution in [0.4, 0.5) is 0 Å². The second kappa shape index (κ2) is 8.16. The fraction of sp³-hybridized carbons (Fsp3) is 0.176. The molecule has 0 bridgehead atoms. The molecule has 0 atom stereocenters. The van der Waals surface area contributed by atoms with E-state index in [0.717, 1.165) is 5.69 Å². The van der Waals surface area contributed by atoms with Crippen LogP contribution in [0.25, 0.3) is 11.4 Å². The Bertz CT molecular complexity index is 915. The molecule has 7 nitrogen and oxygen atoms in total. The molecule has 0 aliphatic carbocycles. The van der Waals surface area contributed by atoms with E-state index in [1.165, 1.54) is 0 Å². The molecule has 26 heavy (non-hydrogen) atoms. The minimum atomic E-state index is -0.279. The lowest BCUT2D eigenvalue weighted by atomic mass is 10.3. The van der Waals surface area contributed by atoms with Crippen LogP contribution in [0.2, 0.25) is 10.0 Å². The summed E-state index contributed by atoms with van der Waals surface area (Å²) in [4.78, 5) is 20.2. The Morgan fingerprint density at radius 2 is 2.08 bits per heavy atom. The third-order valence-corrected chi connectivity index (χ3v) is 4.05. The summed E-state index contributed by atoms with van der Waals surface area (Å²) in [6.07, 6.45) is 4.83. The van der Waals surface area contributed by atoms with Crippen molar-refractivity contribution in [2.75, 3.05) is 6.61 Å². The van der Waals surface area contributed by atoms with Gasteiger partial charge in [-0.1, -0.05) is 23.2 Å². The summed E-state index contributed by atoms with van der Waals surface area (Å²) in [6, 6.07) is 6.66. The maximum absolute atomic E-state index is 12.0. The number of carbonyl (C=O) groups is 1. The third kappa shape index (κ3) is 4.50. The number of hydrogen-bond acceptors (Lipinski definition) is 5. The Labute approximate surface area is 159 Å². The fourth-order valence-corrected chi connectivity index (χ4v) is 2.67. The average molecular weight is 392 g/mol. The maximum atomic E-state index is 12.0. The van der Waals surface area contributed by atoms with E-state index in [0.29, 0.717) is 33.7 Å². The molecule has 0 radical (unpaired) electrons. The van der Waals surface area contributed by atoms with E-state index in [1.54, 1.807) is 48.5 Å². The number of aryl methyl sites for hydroxylation is 1. The summed E-state index contributed by atoms with van der Waals surface area (Å²) < 4.78 is 7.09. The molecule has 9 heteroatoms. The van der Waals surface area contributed by atoms with Crippen molar-refractivity contribution in [2.45, 2.75) is 6.54 Å². The van der Waals surface area contributed by atoms with Gasteiger partial charge < -0.3 is 10.1 Å². The second-order valence-corrected chi connectivity index (χ2v) is 6.22. The number of amides is 1. The number of ether oxygens (including phenoxy) is 1. The van der Waals surface area contributed by atoms with Gasteiger partial charge in [-0.2, -0.15) is 5.10 Å². The molecular weight excluding hydrogens is 377 g/mol. The zero-order chi connectivity index (χ0) is 18.5. The standard InChI is InChI=1S/C17H15Cl2N5O2/c1-24-12(7-14(23-24)15-9-20-4-5-21-15)8-22-17(25)10-26-16-3-2-11(18)6-13(16)19/h2-7,9H,8,10H2,1H3,(H,22,25). The van der Waals surface area contributed by atoms with Crippen LogP contribution >= 0.6 is 23.2 Å². The van der Waals surface area contributed by atoms with Gasteiger partial charge >= 0.3 is 0 Å². The maximum Gasteiger partial charge on any atom is 0.258 e. The van der Waals surface area contributed by atoms with Crippen molar-refractivity contribution in [1.29, 1.82) is 0 Å². The first-order chi connectivity index (χ1) is 12.5. The van der Waals surface area contributed by atoms with Crippen molar-refractivity contribution in [2.24, 2.45) is 7.05 Å². The molecule has 0 saturated heterocycles. The van der Waals surface area contributed by atoms with E-state index >= 15 is 0 Å². The van der Waals surface area contributed by atoms with Gasteiger partial charge in [0.1, 0.15) is 17.1 Å². The van der Waals surface area contributed by atoms with Crippen LogP contribution < -0.4 is 10.1 Å². The zero-order valence-electron chi connectivity index (χ0n) is 13.8. The third-order valence-electron chi connectivity index (χ3n) is 3.52. The highest BCUT2D eigenvalue weighted by Crippen LogP contribution is 2.27. The molecule has 0 aliphatic heterocycles. The normalized spacial score (nSPS) is 10.6. The lowest BCUT2D eigenvalue weighted by Gasteiger charge is -2.09. The van der Waals surface area contributed by atoms with Gasteiger partial charge in [0.25, 0.3) is 5.91 Å². The van der Waals surface area contributed by atoms with Gasteiger partial charge in [-0.25, -0.2) is 0 Å². The first-order valence-corrected chi connectivity index (χ1v) is 8.42. The van der Waals surface area contributed by atoms with Crippen molar-refractivity contribution in [3.8, 4) is 17.1 Å². The number of nitrogens with zero attached hydrogens (tertiary/aromatic N) is 4. The number of rotatable bonds is 6. The molecule has 134 valence electrons. The SMILES string of the molecule is Cn1nc(-c2cnccn2)cc1CNC(=O)COc1ccc(Cl)cc1Cl. The summed E-state index contributed by atoms with van der Waals surface area (Å²) in [5.74, 6) is 0.120. The minimum Gasteiger partial charge on any atom is -0.482 e. The number of nitrogens with one attached hydrogen (secondary N) is 1. The highest BCUT2D eigenvalue weighted by atomic mass is 35.5. The molecule has 1 N–H and O–H groups in total. The smallest absolute Gasteiger partial charge is 0.258 e. The average Bonchev–Trinajstić information content (AvgIpc) is 3.01. The van der Waals surface area contributed by atoms with E-state index in [9.17, 15) is 4.79 Å². The number of carbonyl (C=O) groups excluding carboxylic acids is 1. The van der Waals surface area contributed by atoms with Crippen molar-refractivity contribution in [3.05, 3.63) is 58.6 Å². The lowest BCUT2D eigenvalue weighted by molar-refractivity contribution is -0.123. The number of halogens is 2. The number of aromatic nitrogens is 4. The topological polar surface area (TPSA) is 81.9 Å². The lowest BCUT2D eigenvalue weighted by Crippen LogP contribution is -2.29. The summed E-state index contributed by atoms with van der Waals surface area (Å²) in [5.41, 5.74) is 2.18. The summed E-state index contributed by atoms with van der Waals surface area (Å²) >= 11 is 11.8. The first-order valence-electron chi connectivity index (χ1n) is 7.67. The van der Waals surface area contributed by atoms with E-state index < -0.39 is 0 Å². The predicted molar refractivity (Wildman–Crippen MR) is 98.0 cm³/mol. The van der Waals surface area contributed by atoms with Gasteiger partial charge in [0.05, 0.1) is 23.5 Å². The molecule has 1 amide bonds. The van der Waals surface area contributed by atoms with Gasteiger partial charge in [-0.3, -0.25) is 19.4 Å². The van der Waals surface area contributed by atoms with Crippen LogP contribution in [0.5, 0.6) is 5.75 Å². The molecule has 0 saturated carbocycles. The van der Waals surface area contributed by atoms with Crippen molar-refractivity contribution in [3.63, 3.8) is 0 Å². The molecule has 1 aromatic carbocycles. The molecule has 0 aliphatic rings. The second-order valence-electron chi connectivity index (χ2n) is 5.38. The van der Waals surface area contributed by atoms with Crippen LogP contribution in [0, 0.1) is 0 Å². The van der Waals surface area contributed by atoms with E-state index in [1.807, 2.05) is 6.07 Å². The molecule has 2 heterocycles. The van der Waals surface area contributed by atoms with Crippen LogP contribution in [-0.4, -0.2) is 32.3 Å². The molecule has 0 spiro atoms. The highest BCUT2D eigenvalue weighted by molar-refractivity contribution is 6.35. The zero-order valence-corrected chi connectivity index (χ0v) is 15.3. The van der Waals surface area contributed by atoms with E-state index in [-0.39, 0.29) is 12.5 Å². The molecule has 2 aromatic heterocycles. The van der Waals surface area contributed by atoms with Gasteiger partial charge in [-0.05, 0) is 24.3 Å². The molecule has 0 fully saturated rings. The molecule has 0 unspecified atom stereocenters. The first kappa shape index (κ1) is 18.2. The Morgan fingerprint density at radius 1 is 1.23 bits per heavy atom.